The molecule has 2 atom stereocenters. The molecule has 0 saturated carbocycles. The maximum Gasteiger partial charge on any atom is 0.472 e. The van der Waals surface area contributed by atoms with Crippen LogP contribution in [0.15, 0.2) is 72.9 Å². The van der Waals surface area contributed by atoms with E-state index in [-0.39, 0.29) is 26.1 Å². The first-order valence-electron chi connectivity index (χ1n) is 25.2. The third-order valence-electron chi connectivity index (χ3n) is 10.5. The number of nitrogens with zero attached hydrogens (tertiary/aromatic N) is 1. The third kappa shape index (κ3) is 48.7. The van der Waals surface area contributed by atoms with E-state index in [1.54, 1.807) is 0 Å². The van der Waals surface area contributed by atoms with Crippen LogP contribution in [0.25, 0.3) is 0 Å². The molecule has 0 radical (unpaired) electrons. The van der Waals surface area contributed by atoms with Crippen LogP contribution in [0, 0.1) is 0 Å². The van der Waals surface area contributed by atoms with E-state index in [1.165, 1.54) is 122 Å². The first-order chi connectivity index (χ1) is 30.7. The Bertz CT molecular complexity index is 1270. The fourth-order valence-electron chi connectivity index (χ4n) is 6.61. The molecule has 1 N–H and O–H groups in total. The number of phosphoric ester groups is 1. The standard InChI is InChI=1S/C53H94NO8P/c1-5-7-9-11-13-15-17-19-21-23-25-26-28-30-32-34-36-38-40-42-44-46-53(56)62-51(50-61-63(57,58)60-48-47-54(3)4)49-59-52(55)45-43-41-39-37-35-33-31-29-27-24-22-20-18-16-14-12-10-8-6-2/h14,16,19-22,27,29,33,35,39,41,51H,5-13,15,17-18,23-26,28,30-32,34,36-38,40,42-50H2,1-4H3,(H,57,58)/b16-14-,21-19-,22-20-,29-27-,35-33-,41-39-. The zero-order chi connectivity index (χ0) is 46.2. The van der Waals surface area contributed by atoms with Gasteiger partial charge < -0.3 is 19.3 Å². The average molecular weight is 904 g/mol. The van der Waals surface area contributed by atoms with Crippen LogP contribution in [-0.2, 0) is 32.7 Å². The molecule has 9 nitrogen and oxygen atoms in total. The van der Waals surface area contributed by atoms with Gasteiger partial charge in [-0.3, -0.25) is 18.6 Å². The summed E-state index contributed by atoms with van der Waals surface area (Å²) in [7, 11) is -0.748. The van der Waals surface area contributed by atoms with Gasteiger partial charge in [-0.2, -0.15) is 0 Å². The molecule has 0 aliphatic heterocycles. The number of likely N-dealkylation sites (N-methyl/N-ethyl adjacent to an activating group) is 1. The van der Waals surface area contributed by atoms with Gasteiger partial charge in [-0.25, -0.2) is 4.57 Å². The Kier molecular flexibility index (Phi) is 45.5. The number of unbranched alkanes of at least 4 members (excludes halogenated alkanes) is 20. The molecule has 0 aliphatic rings. The Morgan fingerprint density at radius 3 is 1.38 bits per heavy atom. The minimum Gasteiger partial charge on any atom is -0.462 e. The Balaban J connectivity index is 4.30. The largest absolute Gasteiger partial charge is 0.472 e. The van der Waals surface area contributed by atoms with Crippen molar-refractivity contribution in [2.45, 2.75) is 213 Å². The Hall–Kier alpha value is -2.55. The van der Waals surface area contributed by atoms with Crippen LogP contribution in [-0.4, -0.2) is 68.3 Å². The summed E-state index contributed by atoms with van der Waals surface area (Å²) in [5.41, 5.74) is 0. The maximum absolute atomic E-state index is 12.7. The molecule has 0 aromatic heterocycles. The molecule has 0 amide bonds. The van der Waals surface area contributed by atoms with Crippen LogP contribution in [0.5, 0.6) is 0 Å². The molecule has 0 fully saturated rings. The van der Waals surface area contributed by atoms with Crippen LogP contribution in [0.4, 0.5) is 0 Å². The zero-order valence-corrected chi connectivity index (χ0v) is 41.6. The number of allylic oxidation sites excluding steroid dienone is 12. The molecule has 10 heteroatoms. The van der Waals surface area contributed by atoms with Crippen LogP contribution in [0.3, 0.4) is 0 Å². The Labute approximate surface area is 386 Å². The lowest BCUT2D eigenvalue weighted by Gasteiger charge is -2.20. The van der Waals surface area contributed by atoms with Gasteiger partial charge in [0.1, 0.15) is 6.61 Å². The topological polar surface area (TPSA) is 112 Å². The van der Waals surface area contributed by atoms with Crippen molar-refractivity contribution in [1.82, 2.24) is 4.90 Å². The number of ether oxygens (including phenoxy) is 2. The summed E-state index contributed by atoms with van der Waals surface area (Å²) in [4.78, 5) is 37.1. The molecule has 0 bridgehead atoms. The van der Waals surface area contributed by atoms with Crippen molar-refractivity contribution in [2.24, 2.45) is 0 Å². The van der Waals surface area contributed by atoms with Gasteiger partial charge in [-0.15, -0.1) is 0 Å². The zero-order valence-electron chi connectivity index (χ0n) is 40.7. The van der Waals surface area contributed by atoms with E-state index in [2.05, 4.69) is 74.6 Å². The highest BCUT2D eigenvalue weighted by atomic mass is 31.2. The predicted octanol–water partition coefficient (Wildman–Crippen LogP) is 15.2. The van der Waals surface area contributed by atoms with E-state index >= 15 is 0 Å². The van der Waals surface area contributed by atoms with Crippen molar-refractivity contribution < 1.29 is 37.6 Å². The second-order valence-corrected chi connectivity index (χ2v) is 18.4. The van der Waals surface area contributed by atoms with Gasteiger partial charge in [0.15, 0.2) is 6.10 Å². The van der Waals surface area contributed by atoms with Crippen molar-refractivity contribution in [3.8, 4) is 0 Å². The lowest BCUT2D eigenvalue weighted by atomic mass is 10.0. The number of hydrogen-bond acceptors (Lipinski definition) is 8. The summed E-state index contributed by atoms with van der Waals surface area (Å²) in [6.45, 7) is 4.22. The molecule has 0 heterocycles. The normalized spacial score (nSPS) is 13.9. The van der Waals surface area contributed by atoms with Gasteiger partial charge in [0, 0.05) is 19.4 Å². The van der Waals surface area contributed by atoms with Gasteiger partial charge in [-0.1, -0.05) is 189 Å². The highest BCUT2D eigenvalue weighted by Gasteiger charge is 2.26. The summed E-state index contributed by atoms with van der Waals surface area (Å²) in [5.74, 6) is -0.899. The van der Waals surface area contributed by atoms with Crippen LogP contribution in [0.2, 0.25) is 0 Å². The third-order valence-corrected chi connectivity index (χ3v) is 11.5. The second-order valence-electron chi connectivity index (χ2n) is 17.0. The van der Waals surface area contributed by atoms with E-state index in [0.29, 0.717) is 19.4 Å². The summed E-state index contributed by atoms with van der Waals surface area (Å²) in [6, 6.07) is 0. The molecule has 0 spiro atoms. The first kappa shape index (κ1) is 60.5. The molecule has 364 valence electrons. The van der Waals surface area contributed by atoms with Crippen molar-refractivity contribution in [2.75, 3.05) is 40.5 Å². The molecule has 0 aromatic carbocycles. The minimum absolute atomic E-state index is 0.00632. The van der Waals surface area contributed by atoms with Gasteiger partial charge in [0.05, 0.1) is 13.2 Å². The molecule has 0 aromatic rings. The second kappa shape index (κ2) is 47.4. The van der Waals surface area contributed by atoms with E-state index < -0.39 is 32.5 Å². The maximum atomic E-state index is 12.7. The van der Waals surface area contributed by atoms with Gasteiger partial charge in [0.25, 0.3) is 0 Å². The van der Waals surface area contributed by atoms with Crippen LogP contribution >= 0.6 is 7.82 Å². The minimum atomic E-state index is -4.39. The molecule has 63 heavy (non-hydrogen) atoms. The van der Waals surface area contributed by atoms with Gasteiger partial charge in [0.2, 0.25) is 0 Å². The van der Waals surface area contributed by atoms with Gasteiger partial charge in [-0.05, 0) is 91.1 Å². The number of rotatable bonds is 46. The lowest BCUT2D eigenvalue weighted by molar-refractivity contribution is -0.161. The number of hydrogen-bond donors (Lipinski definition) is 1. The SMILES string of the molecule is CCCCC/C=C\C/C=C\C/C=C\C/C=C\C/C=C\CCC(=O)OCC(COP(=O)(O)OCCN(C)C)OC(=O)CCCCCCCCCCCCC/C=C\CCCCCCCC. The van der Waals surface area contributed by atoms with Gasteiger partial charge >= 0.3 is 19.8 Å². The van der Waals surface area contributed by atoms with Crippen molar-refractivity contribution >= 4 is 19.8 Å². The smallest absolute Gasteiger partial charge is 0.462 e. The Morgan fingerprint density at radius 2 is 0.889 bits per heavy atom. The highest BCUT2D eigenvalue weighted by Crippen LogP contribution is 2.43. The number of carbonyl (C=O) groups is 2. The molecule has 2 unspecified atom stereocenters. The summed E-state index contributed by atoms with van der Waals surface area (Å²) < 4.78 is 33.5. The fraction of sp³-hybridized carbons (Fsp3) is 0.736. The molecule has 0 saturated heterocycles. The molecule has 0 aliphatic carbocycles. The van der Waals surface area contributed by atoms with Crippen LogP contribution < -0.4 is 0 Å². The van der Waals surface area contributed by atoms with Crippen molar-refractivity contribution in [3.05, 3.63) is 72.9 Å². The number of esters is 2. The Morgan fingerprint density at radius 1 is 0.492 bits per heavy atom. The molecular weight excluding hydrogens is 810 g/mol. The molecule has 0 rings (SSSR count). The lowest BCUT2D eigenvalue weighted by Crippen LogP contribution is -2.29. The van der Waals surface area contributed by atoms with E-state index in [0.717, 1.165) is 44.9 Å². The van der Waals surface area contributed by atoms with E-state index in [4.69, 9.17) is 18.5 Å². The molecular formula is C53H94NO8P. The predicted molar refractivity (Wildman–Crippen MR) is 266 cm³/mol. The summed E-state index contributed by atoms with van der Waals surface area (Å²) in [6.07, 6.45) is 58.2. The van der Waals surface area contributed by atoms with E-state index in [9.17, 15) is 19.0 Å². The first-order valence-corrected chi connectivity index (χ1v) is 26.7. The van der Waals surface area contributed by atoms with E-state index in [1.807, 2.05) is 31.1 Å². The quantitative estimate of drug-likeness (QED) is 0.0276. The number of phosphoric acid groups is 1. The fourth-order valence-corrected chi connectivity index (χ4v) is 7.35. The number of carbonyl (C=O) groups excluding carboxylic acids is 2. The highest BCUT2D eigenvalue weighted by molar-refractivity contribution is 7.47. The monoisotopic (exact) mass is 904 g/mol. The van der Waals surface area contributed by atoms with Crippen LogP contribution in [0.1, 0.15) is 206 Å². The average Bonchev–Trinajstić information content (AvgIpc) is 3.25. The van der Waals surface area contributed by atoms with Crippen molar-refractivity contribution in [1.29, 1.82) is 0 Å². The summed E-state index contributed by atoms with van der Waals surface area (Å²) in [5, 5.41) is 0. The summed E-state index contributed by atoms with van der Waals surface area (Å²) >= 11 is 0. The van der Waals surface area contributed by atoms with Crippen molar-refractivity contribution in [3.63, 3.8) is 0 Å².